The van der Waals surface area contributed by atoms with E-state index in [0.717, 1.165) is 18.7 Å². The molecule has 1 aromatic rings. The summed E-state index contributed by atoms with van der Waals surface area (Å²) in [6.07, 6.45) is 4.11. The number of aromatic nitrogens is 3. The van der Waals surface area contributed by atoms with E-state index in [9.17, 15) is 4.79 Å². The summed E-state index contributed by atoms with van der Waals surface area (Å²) in [5.41, 5.74) is 5.56. The van der Waals surface area contributed by atoms with Gasteiger partial charge < -0.3 is 11.1 Å². The smallest absolute Gasteiger partial charge is 0.224 e. The predicted octanol–water partition coefficient (Wildman–Crippen LogP) is -0.151. The zero-order valence-corrected chi connectivity index (χ0v) is 10.5. The van der Waals surface area contributed by atoms with Crippen LogP contribution in [0.25, 0.3) is 0 Å². The number of nitrogens with zero attached hydrogens (tertiary/aromatic N) is 3. The van der Waals surface area contributed by atoms with Gasteiger partial charge in [-0.2, -0.15) is 5.10 Å². The molecule has 0 aliphatic rings. The molecule has 1 heterocycles. The van der Waals surface area contributed by atoms with Crippen LogP contribution in [0.3, 0.4) is 0 Å². The molecule has 0 bridgehead atoms. The lowest BCUT2D eigenvalue weighted by atomic mass is 10.0. The largest absolute Gasteiger partial charge is 0.355 e. The molecule has 1 atom stereocenters. The van der Waals surface area contributed by atoms with Crippen molar-refractivity contribution >= 4 is 5.91 Å². The number of amides is 1. The van der Waals surface area contributed by atoms with Crippen LogP contribution in [0, 0.1) is 5.92 Å². The van der Waals surface area contributed by atoms with Crippen LogP contribution < -0.4 is 11.1 Å². The Hall–Kier alpha value is -1.43. The molecule has 0 aromatic carbocycles. The molecule has 3 N–H and O–H groups in total. The molecule has 1 unspecified atom stereocenters. The standard InChI is InChI=1S/C11H21N5O/c1-3-4-9(7-12)11(17)13-6-5-10-14-8-16(2)15-10/h8-9H,3-7,12H2,1-2H3,(H,13,17). The van der Waals surface area contributed by atoms with Crippen molar-refractivity contribution in [3.8, 4) is 0 Å². The van der Waals surface area contributed by atoms with Gasteiger partial charge in [-0.05, 0) is 6.42 Å². The molecule has 0 fully saturated rings. The Morgan fingerprint density at radius 3 is 2.94 bits per heavy atom. The monoisotopic (exact) mass is 239 g/mol. The van der Waals surface area contributed by atoms with Crippen LogP contribution in [0.4, 0.5) is 0 Å². The molecule has 96 valence electrons. The Bertz CT molecular complexity index is 349. The maximum atomic E-state index is 11.7. The van der Waals surface area contributed by atoms with Crippen molar-refractivity contribution in [1.82, 2.24) is 20.1 Å². The molecule has 1 aromatic heterocycles. The van der Waals surface area contributed by atoms with E-state index >= 15 is 0 Å². The Labute approximate surface area is 102 Å². The molecule has 1 rings (SSSR count). The summed E-state index contributed by atoms with van der Waals surface area (Å²) in [5.74, 6) is 0.703. The van der Waals surface area contributed by atoms with Gasteiger partial charge in [-0.1, -0.05) is 13.3 Å². The normalized spacial score (nSPS) is 12.4. The lowest BCUT2D eigenvalue weighted by Crippen LogP contribution is -2.36. The Morgan fingerprint density at radius 1 is 1.65 bits per heavy atom. The second-order valence-corrected chi connectivity index (χ2v) is 4.10. The van der Waals surface area contributed by atoms with Gasteiger partial charge >= 0.3 is 0 Å². The van der Waals surface area contributed by atoms with Crippen LogP contribution in [0.1, 0.15) is 25.6 Å². The Morgan fingerprint density at radius 2 is 2.41 bits per heavy atom. The number of nitrogens with two attached hydrogens (primary N) is 1. The first-order valence-electron chi connectivity index (χ1n) is 5.99. The molecule has 0 aliphatic carbocycles. The van der Waals surface area contributed by atoms with E-state index in [1.165, 1.54) is 0 Å². The van der Waals surface area contributed by atoms with Gasteiger partial charge in [0.25, 0.3) is 0 Å². The maximum absolute atomic E-state index is 11.7. The fourth-order valence-electron chi connectivity index (χ4n) is 1.64. The SMILES string of the molecule is CCCC(CN)C(=O)NCCc1ncn(C)n1. The lowest BCUT2D eigenvalue weighted by Gasteiger charge is -2.13. The van der Waals surface area contributed by atoms with Crippen LogP contribution in [-0.4, -0.2) is 33.8 Å². The van der Waals surface area contributed by atoms with Crippen molar-refractivity contribution in [2.24, 2.45) is 18.7 Å². The molecule has 0 saturated heterocycles. The molecule has 6 nitrogen and oxygen atoms in total. The van der Waals surface area contributed by atoms with Crippen molar-refractivity contribution in [2.45, 2.75) is 26.2 Å². The van der Waals surface area contributed by atoms with Crippen LogP contribution in [0.5, 0.6) is 0 Å². The maximum Gasteiger partial charge on any atom is 0.224 e. The first-order valence-corrected chi connectivity index (χ1v) is 5.99. The lowest BCUT2D eigenvalue weighted by molar-refractivity contribution is -0.124. The van der Waals surface area contributed by atoms with E-state index in [-0.39, 0.29) is 11.8 Å². The van der Waals surface area contributed by atoms with Crippen molar-refractivity contribution < 1.29 is 4.79 Å². The fraction of sp³-hybridized carbons (Fsp3) is 0.727. The van der Waals surface area contributed by atoms with Gasteiger partial charge in [0.05, 0.1) is 5.92 Å². The average molecular weight is 239 g/mol. The predicted molar refractivity (Wildman–Crippen MR) is 65.2 cm³/mol. The van der Waals surface area contributed by atoms with Gasteiger partial charge in [0.2, 0.25) is 5.91 Å². The highest BCUT2D eigenvalue weighted by atomic mass is 16.1. The minimum absolute atomic E-state index is 0.0327. The van der Waals surface area contributed by atoms with Gasteiger partial charge in [-0.25, -0.2) is 4.98 Å². The molecule has 1 amide bonds. The topological polar surface area (TPSA) is 85.8 Å². The summed E-state index contributed by atoms with van der Waals surface area (Å²) in [6, 6.07) is 0. The van der Waals surface area contributed by atoms with Crippen LogP contribution in [0.2, 0.25) is 0 Å². The molecule has 6 heteroatoms. The Kier molecular flexibility index (Phi) is 5.62. The first-order chi connectivity index (χ1) is 8.17. The summed E-state index contributed by atoms with van der Waals surface area (Å²) in [7, 11) is 1.82. The molecule has 0 aliphatic heterocycles. The number of hydrogen-bond donors (Lipinski definition) is 2. The third-order valence-electron chi connectivity index (χ3n) is 2.59. The molecule has 0 saturated carbocycles. The summed E-state index contributed by atoms with van der Waals surface area (Å²) >= 11 is 0. The van der Waals surface area contributed by atoms with Crippen molar-refractivity contribution in [1.29, 1.82) is 0 Å². The second-order valence-electron chi connectivity index (χ2n) is 4.10. The highest BCUT2D eigenvalue weighted by molar-refractivity contribution is 5.78. The highest BCUT2D eigenvalue weighted by Gasteiger charge is 2.14. The van der Waals surface area contributed by atoms with Crippen molar-refractivity contribution in [3.05, 3.63) is 12.2 Å². The minimum atomic E-state index is -0.0725. The molecular formula is C11H21N5O. The van der Waals surface area contributed by atoms with E-state index < -0.39 is 0 Å². The Balaban J connectivity index is 2.28. The van der Waals surface area contributed by atoms with Gasteiger partial charge in [0, 0.05) is 26.6 Å². The number of hydrogen-bond acceptors (Lipinski definition) is 4. The fourth-order valence-corrected chi connectivity index (χ4v) is 1.64. The van der Waals surface area contributed by atoms with Gasteiger partial charge in [0.15, 0.2) is 5.82 Å². The molecule has 17 heavy (non-hydrogen) atoms. The van der Waals surface area contributed by atoms with E-state index in [1.807, 2.05) is 14.0 Å². The third-order valence-corrected chi connectivity index (χ3v) is 2.59. The van der Waals surface area contributed by atoms with Crippen LogP contribution >= 0.6 is 0 Å². The van der Waals surface area contributed by atoms with Crippen LogP contribution in [-0.2, 0) is 18.3 Å². The van der Waals surface area contributed by atoms with Crippen LogP contribution in [0.15, 0.2) is 6.33 Å². The van der Waals surface area contributed by atoms with Crippen molar-refractivity contribution in [2.75, 3.05) is 13.1 Å². The molecule has 0 radical (unpaired) electrons. The zero-order chi connectivity index (χ0) is 12.7. The third kappa shape index (κ3) is 4.52. The highest BCUT2D eigenvalue weighted by Crippen LogP contribution is 2.04. The van der Waals surface area contributed by atoms with Gasteiger partial charge in [-0.15, -0.1) is 0 Å². The van der Waals surface area contributed by atoms with Gasteiger partial charge in [-0.3, -0.25) is 9.48 Å². The molecular weight excluding hydrogens is 218 g/mol. The summed E-state index contributed by atoms with van der Waals surface area (Å²) in [4.78, 5) is 15.8. The number of rotatable bonds is 7. The quantitative estimate of drug-likeness (QED) is 0.693. The minimum Gasteiger partial charge on any atom is -0.355 e. The van der Waals surface area contributed by atoms with E-state index in [2.05, 4.69) is 15.4 Å². The summed E-state index contributed by atoms with van der Waals surface area (Å²) in [5, 5.41) is 7.01. The number of carbonyl (C=O) groups excluding carboxylic acids is 1. The summed E-state index contributed by atoms with van der Waals surface area (Å²) < 4.78 is 1.65. The van der Waals surface area contributed by atoms with E-state index in [4.69, 9.17) is 5.73 Å². The zero-order valence-electron chi connectivity index (χ0n) is 10.5. The average Bonchev–Trinajstić information content (AvgIpc) is 2.71. The van der Waals surface area contributed by atoms with E-state index in [0.29, 0.717) is 19.5 Å². The number of carbonyl (C=O) groups is 1. The summed E-state index contributed by atoms with van der Waals surface area (Å²) in [6.45, 7) is 3.01. The van der Waals surface area contributed by atoms with Crippen molar-refractivity contribution in [3.63, 3.8) is 0 Å². The van der Waals surface area contributed by atoms with E-state index in [1.54, 1.807) is 11.0 Å². The number of nitrogens with one attached hydrogen (secondary N) is 1. The molecule has 0 spiro atoms. The van der Waals surface area contributed by atoms with Gasteiger partial charge in [0.1, 0.15) is 6.33 Å². The first kappa shape index (κ1) is 13.6. The number of aryl methyl sites for hydroxylation is 1. The second kappa shape index (κ2) is 7.01.